The predicted molar refractivity (Wildman–Crippen MR) is 63.8 cm³/mol. The minimum atomic E-state index is -4.35. The van der Waals surface area contributed by atoms with E-state index in [1.54, 1.807) is 0 Å². The summed E-state index contributed by atoms with van der Waals surface area (Å²) in [4.78, 5) is 0. The van der Waals surface area contributed by atoms with Crippen molar-refractivity contribution in [2.45, 2.75) is 38.6 Å². The lowest BCUT2D eigenvalue weighted by Gasteiger charge is -2.21. The first-order valence-corrected chi connectivity index (χ1v) is 5.82. The van der Waals surface area contributed by atoms with Gasteiger partial charge in [0.15, 0.2) is 0 Å². The number of hydrogen-bond donors (Lipinski definition) is 2. The molecule has 1 rings (SSSR count). The fraction of sp³-hybridized carbons (Fsp3) is 0.538. The first-order chi connectivity index (χ1) is 8.21. The second-order valence-corrected chi connectivity index (χ2v) is 4.84. The average molecular weight is 261 g/mol. The van der Waals surface area contributed by atoms with Gasteiger partial charge in [-0.2, -0.15) is 13.2 Å². The minimum absolute atomic E-state index is 0.278. The van der Waals surface area contributed by atoms with Crippen molar-refractivity contribution >= 4 is 0 Å². The van der Waals surface area contributed by atoms with Crippen LogP contribution in [0.25, 0.3) is 0 Å². The van der Waals surface area contributed by atoms with Crippen molar-refractivity contribution in [3.63, 3.8) is 0 Å². The summed E-state index contributed by atoms with van der Waals surface area (Å²) in [5, 5.41) is 9.82. The van der Waals surface area contributed by atoms with E-state index in [2.05, 4.69) is 0 Å². The number of halogens is 3. The number of benzene rings is 1. The van der Waals surface area contributed by atoms with Crippen molar-refractivity contribution in [3.05, 3.63) is 35.4 Å². The Morgan fingerprint density at radius 3 is 2.06 bits per heavy atom. The topological polar surface area (TPSA) is 46.2 Å². The fourth-order valence-corrected chi connectivity index (χ4v) is 1.75. The van der Waals surface area contributed by atoms with Crippen molar-refractivity contribution in [2.75, 3.05) is 0 Å². The van der Waals surface area contributed by atoms with Gasteiger partial charge in [0.05, 0.1) is 17.7 Å². The molecular weight excluding hydrogens is 243 g/mol. The highest BCUT2D eigenvalue weighted by molar-refractivity contribution is 5.27. The Labute approximate surface area is 105 Å². The van der Waals surface area contributed by atoms with Crippen LogP contribution in [-0.4, -0.2) is 11.2 Å². The van der Waals surface area contributed by atoms with E-state index < -0.39 is 23.9 Å². The molecule has 0 saturated heterocycles. The van der Waals surface area contributed by atoms with E-state index >= 15 is 0 Å². The van der Waals surface area contributed by atoms with Crippen LogP contribution in [0, 0.1) is 5.92 Å². The Balaban J connectivity index is 2.79. The molecule has 0 aliphatic rings. The van der Waals surface area contributed by atoms with Crippen LogP contribution >= 0.6 is 0 Å². The van der Waals surface area contributed by atoms with Gasteiger partial charge in [0.25, 0.3) is 0 Å². The average Bonchev–Trinajstić information content (AvgIpc) is 2.26. The van der Waals surface area contributed by atoms with Crippen LogP contribution in [0.2, 0.25) is 0 Å². The molecule has 1 aromatic carbocycles. The van der Waals surface area contributed by atoms with Crippen molar-refractivity contribution in [2.24, 2.45) is 11.7 Å². The summed E-state index contributed by atoms with van der Waals surface area (Å²) in [7, 11) is 0. The van der Waals surface area contributed by atoms with Gasteiger partial charge in [-0.25, -0.2) is 0 Å². The molecule has 0 saturated carbocycles. The van der Waals surface area contributed by atoms with E-state index in [0.717, 1.165) is 12.1 Å². The third-order valence-electron chi connectivity index (χ3n) is 2.75. The Morgan fingerprint density at radius 2 is 1.67 bits per heavy atom. The second-order valence-electron chi connectivity index (χ2n) is 4.84. The highest BCUT2D eigenvalue weighted by atomic mass is 19.4. The third kappa shape index (κ3) is 3.99. The van der Waals surface area contributed by atoms with Crippen LogP contribution in [0.15, 0.2) is 24.3 Å². The van der Waals surface area contributed by atoms with Gasteiger partial charge in [-0.1, -0.05) is 26.0 Å². The lowest BCUT2D eigenvalue weighted by molar-refractivity contribution is -0.137. The molecule has 0 aliphatic heterocycles. The second kappa shape index (κ2) is 5.71. The van der Waals surface area contributed by atoms with Gasteiger partial charge in [-0.15, -0.1) is 0 Å². The van der Waals surface area contributed by atoms with Crippen LogP contribution in [-0.2, 0) is 6.18 Å². The fourth-order valence-electron chi connectivity index (χ4n) is 1.75. The summed E-state index contributed by atoms with van der Waals surface area (Å²) in [6.45, 7) is 3.89. The SMILES string of the molecule is CC(C)C[C@H](O)[C@H](N)c1ccc(C(F)(F)F)cc1. The lowest BCUT2D eigenvalue weighted by Crippen LogP contribution is -2.27. The predicted octanol–water partition coefficient (Wildman–Crippen LogP) is 3.11. The van der Waals surface area contributed by atoms with Crippen LogP contribution in [0.5, 0.6) is 0 Å². The number of rotatable bonds is 4. The quantitative estimate of drug-likeness (QED) is 0.874. The lowest BCUT2D eigenvalue weighted by atomic mass is 9.95. The van der Waals surface area contributed by atoms with Gasteiger partial charge in [0.1, 0.15) is 0 Å². The molecule has 0 aromatic heterocycles. The molecule has 102 valence electrons. The maximum Gasteiger partial charge on any atom is 0.416 e. The molecule has 5 heteroatoms. The zero-order valence-corrected chi connectivity index (χ0v) is 10.4. The zero-order chi connectivity index (χ0) is 13.9. The van der Waals surface area contributed by atoms with Crippen molar-refractivity contribution in [1.82, 2.24) is 0 Å². The van der Waals surface area contributed by atoms with E-state index in [0.29, 0.717) is 12.0 Å². The largest absolute Gasteiger partial charge is 0.416 e. The molecule has 0 aliphatic carbocycles. The molecular formula is C13H18F3NO. The van der Waals surface area contributed by atoms with Crippen LogP contribution in [0.3, 0.4) is 0 Å². The molecule has 3 N–H and O–H groups in total. The highest BCUT2D eigenvalue weighted by Gasteiger charge is 2.30. The van der Waals surface area contributed by atoms with Gasteiger partial charge >= 0.3 is 6.18 Å². The van der Waals surface area contributed by atoms with E-state index in [9.17, 15) is 18.3 Å². The molecule has 0 radical (unpaired) electrons. The summed E-state index contributed by atoms with van der Waals surface area (Å²) < 4.78 is 37.1. The summed E-state index contributed by atoms with van der Waals surface area (Å²) in [6.07, 6.45) is -4.58. The Kier molecular flexibility index (Phi) is 4.76. The molecule has 2 atom stereocenters. The minimum Gasteiger partial charge on any atom is -0.391 e. The normalized spacial score (nSPS) is 15.8. The van der Waals surface area contributed by atoms with Crippen LogP contribution in [0.1, 0.15) is 37.4 Å². The molecule has 0 heterocycles. The van der Waals surface area contributed by atoms with Crippen molar-refractivity contribution in [3.8, 4) is 0 Å². The molecule has 0 amide bonds. The molecule has 2 nitrogen and oxygen atoms in total. The summed E-state index contributed by atoms with van der Waals surface area (Å²) in [6, 6.07) is 3.94. The molecule has 0 fully saturated rings. The number of hydrogen-bond acceptors (Lipinski definition) is 2. The van der Waals surface area contributed by atoms with Gasteiger partial charge in [-0.3, -0.25) is 0 Å². The third-order valence-corrected chi connectivity index (χ3v) is 2.75. The Morgan fingerprint density at radius 1 is 1.17 bits per heavy atom. The van der Waals surface area contributed by atoms with Gasteiger partial charge in [0, 0.05) is 0 Å². The first-order valence-electron chi connectivity index (χ1n) is 5.82. The number of aliphatic hydroxyl groups excluding tert-OH is 1. The Bertz CT molecular complexity index is 373. The number of nitrogens with two attached hydrogens (primary N) is 1. The smallest absolute Gasteiger partial charge is 0.391 e. The summed E-state index contributed by atoms with van der Waals surface area (Å²) in [5.74, 6) is 0.278. The van der Waals surface area contributed by atoms with Crippen LogP contribution < -0.4 is 5.73 Å². The maximum atomic E-state index is 12.4. The standard InChI is InChI=1S/C13H18F3NO/c1-8(2)7-11(18)12(17)9-3-5-10(6-4-9)13(14,15)16/h3-6,8,11-12,18H,7,17H2,1-2H3/t11-,12+/m0/s1. The summed E-state index contributed by atoms with van der Waals surface area (Å²) in [5.41, 5.74) is 5.61. The zero-order valence-electron chi connectivity index (χ0n) is 10.4. The monoisotopic (exact) mass is 261 g/mol. The van der Waals surface area contributed by atoms with Gasteiger partial charge in [-0.05, 0) is 30.0 Å². The van der Waals surface area contributed by atoms with E-state index in [1.807, 2.05) is 13.8 Å². The van der Waals surface area contributed by atoms with Gasteiger partial charge in [0.2, 0.25) is 0 Å². The van der Waals surface area contributed by atoms with Crippen molar-refractivity contribution in [1.29, 1.82) is 0 Å². The Hall–Kier alpha value is -1.07. The number of aliphatic hydroxyl groups is 1. The van der Waals surface area contributed by atoms with Crippen LogP contribution in [0.4, 0.5) is 13.2 Å². The molecule has 18 heavy (non-hydrogen) atoms. The maximum absolute atomic E-state index is 12.4. The first kappa shape index (κ1) is 15.0. The highest BCUT2D eigenvalue weighted by Crippen LogP contribution is 2.30. The van der Waals surface area contributed by atoms with E-state index in [4.69, 9.17) is 5.73 Å². The molecule has 1 aromatic rings. The molecule has 0 bridgehead atoms. The van der Waals surface area contributed by atoms with Gasteiger partial charge < -0.3 is 10.8 Å². The number of alkyl halides is 3. The van der Waals surface area contributed by atoms with E-state index in [1.165, 1.54) is 12.1 Å². The molecule has 0 spiro atoms. The van der Waals surface area contributed by atoms with Crippen molar-refractivity contribution < 1.29 is 18.3 Å². The molecule has 0 unspecified atom stereocenters. The summed E-state index contributed by atoms with van der Waals surface area (Å²) >= 11 is 0. The van der Waals surface area contributed by atoms with E-state index in [-0.39, 0.29) is 5.92 Å².